The Morgan fingerprint density at radius 2 is 1.73 bits per heavy atom. The molecule has 1 fully saturated rings. The maximum atomic E-state index is 13.1. The zero-order valence-corrected chi connectivity index (χ0v) is 22.3. The van der Waals surface area contributed by atoms with Gasteiger partial charge in [-0.05, 0) is 71.6 Å². The van der Waals surface area contributed by atoms with E-state index in [0.717, 1.165) is 43.2 Å². The number of aliphatic imine (C=N–C) groups is 1. The maximum absolute atomic E-state index is 13.1. The number of hydrogen-bond acceptors (Lipinski definition) is 7. The number of nitrogens with zero attached hydrogens (tertiary/aromatic N) is 2. The van der Waals surface area contributed by atoms with E-state index in [2.05, 4.69) is 20.5 Å². The number of thiophene rings is 1. The lowest BCUT2D eigenvalue weighted by atomic mass is 9.97. The fraction of sp³-hybridized carbons (Fsp3) is 0.161. The van der Waals surface area contributed by atoms with E-state index in [1.54, 1.807) is 54.7 Å². The molecule has 9 heteroatoms. The minimum atomic E-state index is -0.538. The molecule has 2 N–H and O–H groups in total. The van der Waals surface area contributed by atoms with Crippen molar-refractivity contribution >= 4 is 57.9 Å². The van der Waals surface area contributed by atoms with Gasteiger partial charge in [-0.1, -0.05) is 18.2 Å². The van der Waals surface area contributed by atoms with Crippen molar-refractivity contribution in [3.8, 4) is 0 Å². The molecule has 40 heavy (non-hydrogen) atoms. The molecule has 8 nitrogen and oxygen atoms in total. The first-order valence-corrected chi connectivity index (χ1v) is 13.8. The number of fused-ring (bicyclic) bond motifs is 1. The molecule has 200 valence electrons. The third-order valence-corrected chi connectivity index (χ3v) is 7.81. The number of hydrogen-bond donors (Lipinski definition) is 2. The van der Waals surface area contributed by atoms with Gasteiger partial charge >= 0.3 is 0 Å². The average Bonchev–Trinajstić information content (AvgIpc) is 3.64. The minimum absolute atomic E-state index is 0.175. The van der Waals surface area contributed by atoms with Crippen LogP contribution in [0, 0.1) is 0 Å². The molecule has 1 unspecified atom stereocenters. The van der Waals surface area contributed by atoms with Crippen LogP contribution in [0.1, 0.15) is 37.1 Å². The molecule has 0 radical (unpaired) electrons. The number of anilines is 3. The molecule has 3 aromatic carbocycles. The Labute approximate surface area is 235 Å². The molecule has 0 aliphatic carbocycles. The summed E-state index contributed by atoms with van der Waals surface area (Å²) in [6, 6.07) is 23.5. The number of carbonyl (C=O) groups excluding carboxylic acids is 3. The largest absolute Gasteiger partial charge is 0.378 e. The van der Waals surface area contributed by atoms with E-state index in [1.807, 2.05) is 35.7 Å². The summed E-state index contributed by atoms with van der Waals surface area (Å²) in [7, 11) is 0. The number of ether oxygens (including phenoxy) is 1. The second-order valence-corrected chi connectivity index (χ2v) is 10.4. The Bertz CT molecular complexity index is 1570. The summed E-state index contributed by atoms with van der Waals surface area (Å²) in [5.41, 5.74) is 4.83. The summed E-state index contributed by atoms with van der Waals surface area (Å²) in [6.45, 7) is 3.19. The number of ketones is 1. The van der Waals surface area contributed by atoms with Gasteiger partial charge in [0.2, 0.25) is 5.91 Å². The smallest absolute Gasteiger partial charge is 0.265 e. The zero-order chi connectivity index (χ0) is 27.5. The van der Waals surface area contributed by atoms with E-state index in [0.29, 0.717) is 27.4 Å². The summed E-state index contributed by atoms with van der Waals surface area (Å²) >= 11 is 1.36. The van der Waals surface area contributed by atoms with Crippen LogP contribution >= 0.6 is 11.3 Å². The molecule has 6 rings (SSSR count). The summed E-state index contributed by atoms with van der Waals surface area (Å²) in [5, 5.41) is 7.55. The highest BCUT2D eigenvalue weighted by molar-refractivity contribution is 7.12. The standard InChI is InChI=1S/C31H26N4O4S/c36-29(20-3-6-23(7-4-20)33-31(38)28-2-1-17-40-28)21-5-12-25-26(30(37)34-27(25)18-21)19-32-22-8-10-24(11-9-22)35-13-15-39-16-14-35/h1-12,17-19,26H,13-16H2,(H,33,38)(H,34,37). The Morgan fingerprint density at radius 1 is 0.975 bits per heavy atom. The molecule has 4 aromatic rings. The van der Waals surface area contributed by atoms with Gasteiger partial charge < -0.3 is 20.3 Å². The summed E-state index contributed by atoms with van der Waals surface area (Å²) in [4.78, 5) is 45.6. The number of nitrogens with one attached hydrogen (secondary N) is 2. The summed E-state index contributed by atoms with van der Waals surface area (Å²) in [6.07, 6.45) is 1.65. The van der Waals surface area contributed by atoms with Crippen molar-refractivity contribution in [2.45, 2.75) is 5.92 Å². The highest BCUT2D eigenvalue weighted by atomic mass is 32.1. The highest BCUT2D eigenvalue weighted by Crippen LogP contribution is 2.33. The molecule has 0 bridgehead atoms. The molecule has 2 amide bonds. The van der Waals surface area contributed by atoms with Gasteiger partial charge in [-0.15, -0.1) is 11.3 Å². The molecule has 2 aliphatic rings. The van der Waals surface area contributed by atoms with Crippen molar-refractivity contribution in [3.05, 3.63) is 106 Å². The van der Waals surface area contributed by atoms with Crippen LogP contribution in [0.2, 0.25) is 0 Å². The lowest BCUT2D eigenvalue weighted by molar-refractivity contribution is -0.115. The Morgan fingerprint density at radius 3 is 2.45 bits per heavy atom. The summed E-state index contributed by atoms with van der Waals surface area (Å²) in [5.74, 6) is -1.08. The molecule has 1 saturated heterocycles. The van der Waals surface area contributed by atoms with Gasteiger partial charge in [0.15, 0.2) is 5.78 Å². The van der Waals surface area contributed by atoms with E-state index in [1.165, 1.54) is 11.3 Å². The van der Waals surface area contributed by atoms with Gasteiger partial charge in [0.1, 0.15) is 5.92 Å². The first-order valence-electron chi connectivity index (χ1n) is 13.0. The maximum Gasteiger partial charge on any atom is 0.265 e. The Balaban J connectivity index is 1.12. The molecular formula is C31H26N4O4S. The minimum Gasteiger partial charge on any atom is -0.378 e. The Kier molecular flexibility index (Phi) is 7.22. The molecule has 3 heterocycles. The van der Waals surface area contributed by atoms with Gasteiger partial charge in [0.25, 0.3) is 5.91 Å². The number of morpholine rings is 1. The highest BCUT2D eigenvalue weighted by Gasteiger charge is 2.30. The van der Waals surface area contributed by atoms with Crippen molar-refractivity contribution in [3.63, 3.8) is 0 Å². The lowest BCUT2D eigenvalue weighted by Gasteiger charge is -2.28. The topological polar surface area (TPSA) is 100 Å². The second kappa shape index (κ2) is 11.3. The predicted molar refractivity (Wildman–Crippen MR) is 158 cm³/mol. The lowest BCUT2D eigenvalue weighted by Crippen LogP contribution is -2.36. The predicted octanol–water partition coefficient (Wildman–Crippen LogP) is 5.51. The first kappa shape index (κ1) is 25.7. The molecule has 0 saturated carbocycles. The fourth-order valence-corrected chi connectivity index (χ4v) is 5.40. The third kappa shape index (κ3) is 5.42. The quantitative estimate of drug-likeness (QED) is 0.234. The van der Waals surface area contributed by atoms with E-state index in [-0.39, 0.29) is 17.6 Å². The number of rotatable bonds is 7. The molecular weight excluding hydrogens is 524 g/mol. The monoisotopic (exact) mass is 550 g/mol. The normalized spacial score (nSPS) is 16.6. The van der Waals surface area contributed by atoms with Gasteiger partial charge in [-0.3, -0.25) is 19.4 Å². The van der Waals surface area contributed by atoms with Crippen LogP contribution in [0.15, 0.2) is 89.2 Å². The number of benzene rings is 3. The van der Waals surface area contributed by atoms with Crippen LogP contribution in [-0.4, -0.2) is 50.1 Å². The molecule has 0 spiro atoms. The van der Waals surface area contributed by atoms with Crippen LogP contribution in [-0.2, 0) is 9.53 Å². The van der Waals surface area contributed by atoms with Gasteiger partial charge in [0, 0.05) is 47.5 Å². The molecule has 2 aliphatic heterocycles. The van der Waals surface area contributed by atoms with E-state index < -0.39 is 5.92 Å². The van der Waals surface area contributed by atoms with Crippen LogP contribution in [0.25, 0.3) is 0 Å². The number of carbonyl (C=O) groups is 3. The van der Waals surface area contributed by atoms with Crippen molar-refractivity contribution < 1.29 is 19.1 Å². The van der Waals surface area contributed by atoms with E-state index in [4.69, 9.17) is 4.74 Å². The zero-order valence-electron chi connectivity index (χ0n) is 21.5. The molecule has 1 aromatic heterocycles. The average molecular weight is 551 g/mol. The van der Waals surface area contributed by atoms with Crippen molar-refractivity contribution in [2.24, 2.45) is 4.99 Å². The van der Waals surface area contributed by atoms with E-state index >= 15 is 0 Å². The van der Waals surface area contributed by atoms with Crippen molar-refractivity contribution in [1.29, 1.82) is 0 Å². The van der Waals surface area contributed by atoms with Crippen LogP contribution in [0.3, 0.4) is 0 Å². The van der Waals surface area contributed by atoms with Crippen LogP contribution in [0.4, 0.5) is 22.7 Å². The Hall–Kier alpha value is -4.60. The summed E-state index contributed by atoms with van der Waals surface area (Å²) < 4.78 is 5.41. The van der Waals surface area contributed by atoms with Gasteiger partial charge in [-0.25, -0.2) is 0 Å². The van der Waals surface area contributed by atoms with Crippen LogP contribution in [0.5, 0.6) is 0 Å². The van der Waals surface area contributed by atoms with Crippen molar-refractivity contribution in [1.82, 2.24) is 0 Å². The number of amides is 2. The van der Waals surface area contributed by atoms with E-state index in [9.17, 15) is 14.4 Å². The fourth-order valence-electron chi connectivity index (χ4n) is 4.78. The SMILES string of the molecule is O=C(c1ccc(NC(=O)c2cccs2)cc1)c1ccc2c(c1)NC(=O)C2C=Nc1ccc(N2CCOCC2)cc1. The third-order valence-electron chi connectivity index (χ3n) is 6.94. The van der Waals surface area contributed by atoms with Gasteiger partial charge in [0.05, 0.1) is 23.8 Å². The molecule has 1 atom stereocenters. The van der Waals surface area contributed by atoms with Crippen molar-refractivity contribution in [2.75, 3.05) is 41.8 Å². The second-order valence-electron chi connectivity index (χ2n) is 9.50. The van der Waals surface area contributed by atoms with Crippen LogP contribution < -0.4 is 15.5 Å². The first-order chi connectivity index (χ1) is 19.5. The van der Waals surface area contributed by atoms with Gasteiger partial charge in [-0.2, -0.15) is 0 Å².